The molecule has 0 aliphatic carbocycles. The highest BCUT2D eigenvalue weighted by molar-refractivity contribution is 9.10. The zero-order valence-electron chi connectivity index (χ0n) is 8.21. The van der Waals surface area contributed by atoms with Gasteiger partial charge in [-0.05, 0) is 28.1 Å². The summed E-state index contributed by atoms with van der Waals surface area (Å²) >= 11 is 3.07. The number of sulfonamides is 1. The van der Waals surface area contributed by atoms with Crippen LogP contribution in [0.1, 0.15) is 0 Å². The van der Waals surface area contributed by atoms with Gasteiger partial charge >= 0.3 is 0 Å². The van der Waals surface area contributed by atoms with Gasteiger partial charge in [-0.1, -0.05) is 6.07 Å². The van der Waals surface area contributed by atoms with Crippen LogP contribution in [0.2, 0.25) is 0 Å². The smallest absolute Gasteiger partial charge is 0.248 e. The number of anilines is 1. The minimum Gasteiger partial charge on any atom is -0.266 e. The van der Waals surface area contributed by atoms with E-state index >= 15 is 0 Å². The van der Waals surface area contributed by atoms with Crippen molar-refractivity contribution in [1.82, 2.24) is 4.98 Å². The van der Waals surface area contributed by atoms with Crippen molar-refractivity contribution < 1.29 is 16.8 Å². The van der Waals surface area contributed by atoms with E-state index in [-0.39, 0.29) is 5.82 Å². The SMILES string of the molecule is CS(=O)(=O)CS(=O)(=O)Nc1cccc(Br)n1. The number of hydrogen-bond donors (Lipinski definition) is 1. The molecule has 1 N–H and O–H groups in total. The van der Waals surface area contributed by atoms with Gasteiger partial charge < -0.3 is 0 Å². The maximum absolute atomic E-state index is 11.4. The Bertz CT molecular complexity index is 582. The molecule has 0 bridgehead atoms. The monoisotopic (exact) mass is 328 g/mol. The number of nitrogens with one attached hydrogen (secondary N) is 1. The van der Waals surface area contributed by atoms with E-state index in [9.17, 15) is 16.8 Å². The number of hydrogen-bond acceptors (Lipinski definition) is 5. The van der Waals surface area contributed by atoms with Gasteiger partial charge in [0.2, 0.25) is 10.0 Å². The fraction of sp³-hybridized carbons (Fsp3) is 0.286. The first-order valence-electron chi connectivity index (χ1n) is 3.99. The molecule has 90 valence electrons. The molecule has 0 spiro atoms. The number of pyridine rings is 1. The van der Waals surface area contributed by atoms with Crippen LogP contribution in [0.25, 0.3) is 0 Å². The van der Waals surface area contributed by atoms with Crippen molar-refractivity contribution in [3.8, 4) is 0 Å². The molecule has 0 saturated heterocycles. The normalized spacial score (nSPS) is 12.4. The van der Waals surface area contributed by atoms with Crippen molar-refractivity contribution in [2.24, 2.45) is 0 Å². The summed E-state index contributed by atoms with van der Waals surface area (Å²) in [6.45, 7) is 0. The van der Waals surface area contributed by atoms with Crippen LogP contribution in [0.15, 0.2) is 22.8 Å². The molecule has 1 aromatic heterocycles. The largest absolute Gasteiger partial charge is 0.266 e. The van der Waals surface area contributed by atoms with Crippen LogP contribution < -0.4 is 4.72 Å². The van der Waals surface area contributed by atoms with E-state index in [1.165, 1.54) is 6.07 Å². The Morgan fingerprint density at radius 3 is 2.44 bits per heavy atom. The Kier molecular flexibility index (Phi) is 3.92. The molecule has 6 nitrogen and oxygen atoms in total. The molecule has 1 aromatic rings. The van der Waals surface area contributed by atoms with Crippen LogP contribution >= 0.6 is 15.9 Å². The summed E-state index contributed by atoms with van der Waals surface area (Å²) in [5.74, 6) is 0.0676. The number of sulfone groups is 1. The minimum absolute atomic E-state index is 0.0676. The van der Waals surface area contributed by atoms with Crippen molar-refractivity contribution in [2.75, 3.05) is 16.1 Å². The van der Waals surface area contributed by atoms with Gasteiger partial charge in [0.15, 0.2) is 14.9 Å². The third-order valence-electron chi connectivity index (χ3n) is 1.34. The van der Waals surface area contributed by atoms with Crippen LogP contribution in [-0.2, 0) is 19.9 Å². The lowest BCUT2D eigenvalue weighted by Gasteiger charge is -2.05. The molecule has 9 heteroatoms. The lowest BCUT2D eigenvalue weighted by molar-refractivity contribution is 0.595. The maximum atomic E-state index is 11.4. The molecule has 0 amide bonds. The molecule has 0 aliphatic rings. The van der Waals surface area contributed by atoms with Crippen LogP contribution in [-0.4, -0.2) is 33.2 Å². The highest BCUT2D eigenvalue weighted by Crippen LogP contribution is 2.11. The summed E-state index contributed by atoms with van der Waals surface area (Å²) < 4.78 is 47.0. The van der Waals surface area contributed by atoms with E-state index in [4.69, 9.17) is 0 Å². The van der Waals surface area contributed by atoms with Gasteiger partial charge in [-0.25, -0.2) is 21.8 Å². The Hall–Kier alpha value is -0.670. The third-order valence-corrected chi connectivity index (χ3v) is 5.26. The summed E-state index contributed by atoms with van der Waals surface area (Å²) in [4.78, 5) is 3.82. The Balaban J connectivity index is 2.90. The Labute approximate surface area is 102 Å². The number of nitrogens with zero attached hydrogens (tertiary/aromatic N) is 1. The molecular formula is C7H9BrN2O4S2. The summed E-state index contributed by atoms with van der Waals surface area (Å²) in [5.41, 5.74) is 0. The molecule has 0 unspecified atom stereocenters. The first-order valence-corrected chi connectivity index (χ1v) is 8.49. The second-order valence-electron chi connectivity index (χ2n) is 3.11. The predicted octanol–water partition coefficient (Wildman–Crippen LogP) is 0.588. The first kappa shape index (κ1) is 13.4. The van der Waals surface area contributed by atoms with Gasteiger partial charge in [0.05, 0.1) is 0 Å². The highest BCUT2D eigenvalue weighted by Gasteiger charge is 2.18. The van der Waals surface area contributed by atoms with E-state index in [1.54, 1.807) is 12.1 Å². The third kappa shape index (κ3) is 4.90. The fourth-order valence-electron chi connectivity index (χ4n) is 0.936. The molecule has 0 aromatic carbocycles. The standard InChI is InChI=1S/C7H9BrN2O4S2/c1-15(11,12)5-16(13,14)10-7-4-2-3-6(8)9-7/h2-4H,5H2,1H3,(H,9,10). The van der Waals surface area contributed by atoms with Crippen molar-refractivity contribution in [2.45, 2.75) is 0 Å². The van der Waals surface area contributed by atoms with E-state index in [0.29, 0.717) is 4.60 Å². The summed E-state index contributed by atoms with van der Waals surface area (Å²) in [6, 6.07) is 4.62. The van der Waals surface area contributed by atoms with E-state index in [2.05, 4.69) is 25.6 Å². The van der Waals surface area contributed by atoms with Crippen LogP contribution in [0, 0.1) is 0 Å². The van der Waals surface area contributed by atoms with Gasteiger partial charge in [0.1, 0.15) is 10.4 Å². The zero-order valence-corrected chi connectivity index (χ0v) is 11.4. The summed E-state index contributed by atoms with van der Waals surface area (Å²) in [5, 5.41) is -0.964. The topological polar surface area (TPSA) is 93.2 Å². The summed E-state index contributed by atoms with van der Waals surface area (Å²) in [6.07, 6.45) is 0.848. The van der Waals surface area contributed by atoms with Gasteiger partial charge in [-0.3, -0.25) is 4.72 Å². The molecular weight excluding hydrogens is 320 g/mol. The molecule has 0 atom stereocenters. The van der Waals surface area contributed by atoms with Crippen LogP contribution in [0.3, 0.4) is 0 Å². The lowest BCUT2D eigenvalue weighted by Crippen LogP contribution is -2.22. The Morgan fingerprint density at radius 1 is 1.31 bits per heavy atom. The predicted molar refractivity (Wildman–Crippen MR) is 64.2 cm³/mol. The molecule has 0 saturated carbocycles. The van der Waals surface area contributed by atoms with Crippen molar-refractivity contribution >= 4 is 41.6 Å². The number of aromatic nitrogens is 1. The van der Waals surface area contributed by atoms with Gasteiger partial charge in [0.25, 0.3) is 0 Å². The number of halogens is 1. The quantitative estimate of drug-likeness (QED) is 0.816. The fourth-order valence-corrected chi connectivity index (χ4v) is 4.20. The Morgan fingerprint density at radius 2 is 1.94 bits per heavy atom. The molecule has 1 heterocycles. The van der Waals surface area contributed by atoms with E-state index in [0.717, 1.165) is 6.26 Å². The average Bonchev–Trinajstić information content (AvgIpc) is 1.96. The minimum atomic E-state index is -3.93. The van der Waals surface area contributed by atoms with Gasteiger partial charge in [-0.2, -0.15) is 0 Å². The zero-order chi connectivity index (χ0) is 12.4. The van der Waals surface area contributed by atoms with Crippen molar-refractivity contribution in [1.29, 1.82) is 0 Å². The first-order chi connectivity index (χ1) is 7.18. The number of rotatable bonds is 4. The molecule has 1 rings (SSSR count). The highest BCUT2D eigenvalue weighted by atomic mass is 79.9. The maximum Gasteiger partial charge on any atom is 0.248 e. The molecule has 0 fully saturated rings. The molecule has 16 heavy (non-hydrogen) atoms. The lowest BCUT2D eigenvalue weighted by atomic mass is 10.5. The summed E-state index contributed by atoms with van der Waals surface area (Å²) in [7, 11) is -7.53. The van der Waals surface area contributed by atoms with E-state index in [1.807, 2.05) is 0 Å². The molecule has 0 aliphatic heterocycles. The second-order valence-corrected chi connectivity index (χ2v) is 8.15. The van der Waals surface area contributed by atoms with Crippen LogP contribution in [0.5, 0.6) is 0 Å². The van der Waals surface area contributed by atoms with Crippen molar-refractivity contribution in [3.05, 3.63) is 22.8 Å². The average molecular weight is 329 g/mol. The second kappa shape index (κ2) is 4.68. The van der Waals surface area contributed by atoms with Crippen molar-refractivity contribution in [3.63, 3.8) is 0 Å². The van der Waals surface area contributed by atoms with E-state index < -0.39 is 24.9 Å². The molecule has 0 radical (unpaired) electrons. The van der Waals surface area contributed by atoms with Crippen LogP contribution in [0.4, 0.5) is 5.82 Å². The van der Waals surface area contributed by atoms with Gasteiger partial charge in [0, 0.05) is 6.26 Å². The van der Waals surface area contributed by atoms with Gasteiger partial charge in [-0.15, -0.1) is 0 Å².